The molecule has 0 spiro atoms. The summed E-state index contributed by atoms with van der Waals surface area (Å²) >= 11 is 0. The number of carboxylic acid groups (broad SMARTS) is 2. The molecule has 0 saturated carbocycles. The minimum absolute atomic E-state index is 0.201. The summed E-state index contributed by atoms with van der Waals surface area (Å²) in [4.78, 5) is 33.9. The first kappa shape index (κ1) is 26.1. The number of carbonyl (C=O) groups is 3. The van der Waals surface area contributed by atoms with Gasteiger partial charge in [-0.1, -0.05) is 0 Å². The molecule has 11 nitrogen and oxygen atoms in total. The van der Waals surface area contributed by atoms with E-state index in [4.69, 9.17) is 29.2 Å². The van der Waals surface area contributed by atoms with Crippen molar-refractivity contribution in [1.82, 2.24) is 10.2 Å². The van der Waals surface area contributed by atoms with Crippen molar-refractivity contribution in [2.45, 2.75) is 26.4 Å². The Morgan fingerprint density at radius 1 is 0.821 bits per heavy atom. The minimum Gasteiger partial charge on any atom is -0.480 e. The van der Waals surface area contributed by atoms with Gasteiger partial charge in [0, 0.05) is 13.1 Å². The van der Waals surface area contributed by atoms with Crippen molar-refractivity contribution in [1.29, 1.82) is 0 Å². The van der Waals surface area contributed by atoms with Crippen LogP contribution in [0.3, 0.4) is 0 Å². The standard InChI is InChI=1S/C17H32N2O9/c1-17(2,3)28-16(24)18-4-6-25-8-10-27-11-9-26-7-5-19(12-14(20)21)13-15(22)23/h4-13H2,1-3H3,(H,18,24)(H,20,21)(H,22,23). The fourth-order valence-electron chi connectivity index (χ4n) is 1.87. The Hall–Kier alpha value is -1.95. The number of nitrogens with one attached hydrogen (secondary N) is 1. The summed E-state index contributed by atoms with van der Waals surface area (Å²) in [5.41, 5.74) is -0.536. The van der Waals surface area contributed by atoms with Gasteiger partial charge in [-0.25, -0.2) is 4.79 Å². The van der Waals surface area contributed by atoms with Crippen LogP contribution < -0.4 is 5.32 Å². The number of hydrogen-bond acceptors (Lipinski definition) is 8. The Morgan fingerprint density at radius 3 is 1.75 bits per heavy atom. The summed E-state index contributed by atoms with van der Waals surface area (Å²) < 4.78 is 21.0. The van der Waals surface area contributed by atoms with E-state index in [9.17, 15) is 14.4 Å². The molecule has 0 aromatic carbocycles. The molecule has 0 aromatic rings. The van der Waals surface area contributed by atoms with E-state index in [2.05, 4.69) is 5.32 Å². The van der Waals surface area contributed by atoms with Crippen LogP contribution in [-0.4, -0.2) is 105 Å². The summed E-state index contributed by atoms with van der Waals surface area (Å²) in [7, 11) is 0. The number of nitrogens with zero attached hydrogens (tertiary/aromatic N) is 1. The molecule has 0 heterocycles. The number of carboxylic acids is 2. The van der Waals surface area contributed by atoms with Crippen molar-refractivity contribution >= 4 is 18.0 Å². The number of amides is 1. The summed E-state index contributed by atoms with van der Waals surface area (Å²) in [5.74, 6) is -2.18. The molecule has 0 aromatic heterocycles. The molecule has 0 rings (SSSR count). The lowest BCUT2D eigenvalue weighted by Gasteiger charge is -2.19. The van der Waals surface area contributed by atoms with Crippen LogP contribution in [0.15, 0.2) is 0 Å². The molecule has 1 amide bonds. The van der Waals surface area contributed by atoms with Crippen LogP contribution in [0, 0.1) is 0 Å². The number of rotatable bonds is 16. The van der Waals surface area contributed by atoms with Gasteiger partial charge in [0.05, 0.1) is 52.7 Å². The number of alkyl carbamates (subject to hydrolysis) is 1. The van der Waals surface area contributed by atoms with E-state index in [0.29, 0.717) is 39.6 Å². The Bertz CT molecular complexity index is 450. The zero-order chi connectivity index (χ0) is 21.4. The first-order valence-electron chi connectivity index (χ1n) is 8.96. The first-order valence-corrected chi connectivity index (χ1v) is 8.96. The summed E-state index contributed by atoms with van der Waals surface area (Å²) in [6.07, 6.45) is -0.491. The third kappa shape index (κ3) is 18.8. The van der Waals surface area contributed by atoms with Gasteiger partial charge < -0.3 is 34.5 Å². The highest BCUT2D eigenvalue weighted by Crippen LogP contribution is 2.05. The summed E-state index contributed by atoms with van der Waals surface area (Å²) in [6, 6.07) is 0. The van der Waals surface area contributed by atoms with Gasteiger partial charge in [0.15, 0.2) is 0 Å². The van der Waals surface area contributed by atoms with Gasteiger partial charge in [0.1, 0.15) is 5.60 Å². The Labute approximate surface area is 164 Å². The maximum Gasteiger partial charge on any atom is 0.407 e. The van der Waals surface area contributed by atoms with E-state index >= 15 is 0 Å². The lowest BCUT2D eigenvalue weighted by atomic mass is 10.2. The molecule has 0 aliphatic rings. The zero-order valence-electron chi connectivity index (χ0n) is 16.8. The number of carbonyl (C=O) groups excluding carboxylic acids is 1. The Morgan fingerprint density at radius 2 is 1.29 bits per heavy atom. The van der Waals surface area contributed by atoms with Crippen LogP contribution in [0.4, 0.5) is 4.79 Å². The second kappa shape index (κ2) is 15.0. The van der Waals surface area contributed by atoms with E-state index in [0.717, 1.165) is 0 Å². The maximum absolute atomic E-state index is 11.4. The molecule has 0 bridgehead atoms. The average molecular weight is 408 g/mol. The van der Waals surface area contributed by atoms with E-state index in [1.807, 2.05) is 0 Å². The zero-order valence-corrected chi connectivity index (χ0v) is 16.8. The van der Waals surface area contributed by atoms with Crippen molar-refractivity contribution in [3.63, 3.8) is 0 Å². The molecule has 0 aliphatic heterocycles. The third-order valence-electron chi connectivity index (χ3n) is 2.93. The molecule has 0 unspecified atom stereocenters. The highest BCUT2D eigenvalue weighted by molar-refractivity contribution is 5.72. The Kier molecular flexibility index (Phi) is 14.0. The van der Waals surface area contributed by atoms with Crippen LogP contribution in [0.25, 0.3) is 0 Å². The van der Waals surface area contributed by atoms with Crippen molar-refractivity contribution < 1.29 is 43.5 Å². The largest absolute Gasteiger partial charge is 0.480 e. The van der Waals surface area contributed by atoms with Crippen molar-refractivity contribution in [2.75, 3.05) is 65.8 Å². The van der Waals surface area contributed by atoms with Gasteiger partial charge in [-0.3, -0.25) is 14.5 Å². The number of hydrogen-bond donors (Lipinski definition) is 3. The maximum atomic E-state index is 11.4. The first-order chi connectivity index (χ1) is 13.1. The SMILES string of the molecule is CC(C)(C)OC(=O)NCCOCCOCCOCCN(CC(=O)O)CC(=O)O. The minimum atomic E-state index is -1.09. The predicted octanol–water partition coefficient (Wildman–Crippen LogP) is 0.0321. The fraction of sp³-hybridized carbons (Fsp3) is 0.824. The quantitative estimate of drug-likeness (QED) is 0.299. The third-order valence-corrected chi connectivity index (χ3v) is 2.93. The van der Waals surface area contributed by atoms with Crippen LogP contribution in [-0.2, 0) is 28.5 Å². The molecule has 3 N–H and O–H groups in total. The molecule has 0 atom stereocenters. The highest BCUT2D eigenvalue weighted by atomic mass is 16.6. The van der Waals surface area contributed by atoms with Crippen molar-refractivity contribution in [3.8, 4) is 0 Å². The van der Waals surface area contributed by atoms with Crippen LogP contribution in [0.5, 0.6) is 0 Å². The van der Waals surface area contributed by atoms with Crippen molar-refractivity contribution in [2.24, 2.45) is 0 Å². The molecule has 0 saturated heterocycles. The van der Waals surface area contributed by atoms with E-state index in [1.165, 1.54) is 4.90 Å². The van der Waals surface area contributed by atoms with E-state index in [-0.39, 0.29) is 26.2 Å². The summed E-state index contributed by atoms with van der Waals surface area (Å²) in [5, 5.41) is 20.0. The van der Waals surface area contributed by atoms with Gasteiger partial charge in [0.2, 0.25) is 0 Å². The fourth-order valence-corrected chi connectivity index (χ4v) is 1.87. The molecule has 0 fully saturated rings. The normalized spacial score (nSPS) is 11.4. The predicted molar refractivity (Wildman–Crippen MR) is 98.4 cm³/mol. The molecular formula is C17H32N2O9. The average Bonchev–Trinajstić information content (AvgIpc) is 2.52. The van der Waals surface area contributed by atoms with Gasteiger partial charge in [-0.2, -0.15) is 0 Å². The van der Waals surface area contributed by atoms with E-state index in [1.54, 1.807) is 20.8 Å². The summed E-state index contributed by atoms with van der Waals surface area (Å²) in [6.45, 7) is 7.07. The van der Waals surface area contributed by atoms with Crippen LogP contribution in [0.2, 0.25) is 0 Å². The number of aliphatic carboxylic acids is 2. The van der Waals surface area contributed by atoms with E-state index < -0.39 is 23.6 Å². The second-order valence-electron chi connectivity index (χ2n) is 6.76. The lowest BCUT2D eigenvalue weighted by Crippen LogP contribution is -2.37. The topological polar surface area (TPSA) is 144 Å². The molecule has 0 radical (unpaired) electrons. The number of ether oxygens (including phenoxy) is 4. The molecule has 164 valence electrons. The van der Waals surface area contributed by atoms with Gasteiger partial charge in [-0.05, 0) is 20.8 Å². The molecule has 0 aliphatic carbocycles. The molecular weight excluding hydrogens is 376 g/mol. The van der Waals surface area contributed by atoms with Crippen molar-refractivity contribution in [3.05, 3.63) is 0 Å². The van der Waals surface area contributed by atoms with Gasteiger partial charge in [-0.15, -0.1) is 0 Å². The monoisotopic (exact) mass is 408 g/mol. The van der Waals surface area contributed by atoms with Crippen LogP contribution >= 0.6 is 0 Å². The van der Waals surface area contributed by atoms with Gasteiger partial charge >= 0.3 is 18.0 Å². The second-order valence-corrected chi connectivity index (χ2v) is 6.76. The van der Waals surface area contributed by atoms with Gasteiger partial charge in [0.25, 0.3) is 0 Å². The highest BCUT2D eigenvalue weighted by Gasteiger charge is 2.15. The smallest absolute Gasteiger partial charge is 0.407 e. The molecule has 28 heavy (non-hydrogen) atoms. The molecule has 11 heteroatoms. The lowest BCUT2D eigenvalue weighted by molar-refractivity contribution is -0.142. The Balaban J connectivity index is 3.49. The van der Waals surface area contributed by atoms with Crippen LogP contribution in [0.1, 0.15) is 20.8 Å².